The molecule has 0 bridgehead atoms. The predicted octanol–water partition coefficient (Wildman–Crippen LogP) is -1.91. The number of allylic oxidation sites excluding steroid dienone is 4. The molecule has 2 nitrogen and oxygen atoms in total. The molecule has 1 aliphatic rings. The Bertz CT molecular complexity index is 301. The molecule has 0 heterocycles. The van der Waals surface area contributed by atoms with Gasteiger partial charge in [-0.25, -0.2) is 5.57 Å². The number of nitrogens with one attached hydrogen (secondary N) is 1. The van der Waals surface area contributed by atoms with Gasteiger partial charge in [0.25, 0.3) is 0 Å². The molecule has 1 unspecified atom stereocenters. The van der Waals surface area contributed by atoms with Gasteiger partial charge in [0.05, 0.1) is 0 Å². The number of amides is 1. The molecule has 0 aromatic carbocycles. The maximum Gasteiger partial charge on any atom is 4.00 e. The molecule has 1 aliphatic carbocycles. The third-order valence-electron chi connectivity index (χ3n) is 2.71. The van der Waals surface area contributed by atoms with E-state index in [1.54, 1.807) is 0 Å². The molecule has 0 aromatic rings. The number of hydrogen-bond donors (Lipinski definition) is 0. The number of carbonyl (C=O) groups is 1. The topological polar surface area (TPSA) is 40.9 Å². The van der Waals surface area contributed by atoms with Gasteiger partial charge in [-0.1, -0.05) is 40.0 Å². The zero-order chi connectivity index (χ0) is 12.0. The van der Waals surface area contributed by atoms with Crippen LogP contribution in [0.2, 0.25) is 0 Å². The summed E-state index contributed by atoms with van der Waals surface area (Å²) < 4.78 is 0. The van der Waals surface area contributed by atoms with Crippen LogP contribution in [0.15, 0.2) is 16.7 Å². The van der Waals surface area contributed by atoms with Crippen molar-refractivity contribution in [3.63, 3.8) is 0 Å². The van der Waals surface area contributed by atoms with Crippen LogP contribution < -0.4 is 24.8 Å². The van der Waals surface area contributed by atoms with Gasteiger partial charge in [-0.3, -0.25) is 6.08 Å². The summed E-state index contributed by atoms with van der Waals surface area (Å²) in [5, 5.41) is 0. The van der Waals surface area contributed by atoms with Crippen molar-refractivity contribution in [3.8, 4) is 0 Å². The molecule has 0 spiro atoms. The fraction of sp³-hybridized carbons (Fsp3) is 0.615. The average Bonchev–Trinajstić information content (AvgIpc) is 2.34. The molecule has 0 aliphatic heterocycles. The van der Waals surface area contributed by atoms with E-state index in [-0.39, 0.29) is 46.5 Å². The Labute approximate surface area is 139 Å². The number of rotatable bonds is 2. The molecule has 0 radical (unpaired) electrons. The SMILES string of the molecule is CC1=[C-]C(C)C(C)=C1C.CCCC([NH-])=O.[Cl-].[Cl-].[Ti+4]. The Balaban J connectivity index is -0.0000000992. The Morgan fingerprint density at radius 1 is 1.28 bits per heavy atom. The van der Waals surface area contributed by atoms with E-state index in [0.29, 0.717) is 12.3 Å². The summed E-state index contributed by atoms with van der Waals surface area (Å²) in [7, 11) is 0. The molecule has 1 amide bonds. The van der Waals surface area contributed by atoms with E-state index < -0.39 is 5.91 Å². The van der Waals surface area contributed by atoms with Crippen molar-refractivity contribution >= 4 is 5.91 Å². The molecule has 0 saturated heterocycles. The molecule has 0 fully saturated rings. The van der Waals surface area contributed by atoms with Gasteiger partial charge in [0.2, 0.25) is 0 Å². The van der Waals surface area contributed by atoms with E-state index in [0.717, 1.165) is 6.42 Å². The van der Waals surface area contributed by atoms with Gasteiger partial charge in [0.15, 0.2) is 0 Å². The third kappa shape index (κ3) is 10.2. The van der Waals surface area contributed by atoms with Gasteiger partial charge in [-0.2, -0.15) is 11.1 Å². The largest absolute Gasteiger partial charge is 4.00 e. The van der Waals surface area contributed by atoms with Crippen LogP contribution in [0.4, 0.5) is 0 Å². The van der Waals surface area contributed by atoms with Gasteiger partial charge in [-0.15, -0.1) is 6.92 Å². The molecule has 1 atom stereocenters. The Morgan fingerprint density at radius 2 is 1.72 bits per heavy atom. The summed E-state index contributed by atoms with van der Waals surface area (Å²) in [6.45, 7) is 10.6. The molecule has 1 N–H and O–H groups in total. The molecule has 0 saturated carbocycles. The Morgan fingerprint density at radius 3 is 1.78 bits per heavy atom. The Hall–Kier alpha value is 0.244. The zero-order valence-corrected chi connectivity index (χ0v) is 14.7. The smallest absolute Gasteiger partial charge is 1.00 e. The molecule has 0 aromatic heterocycles. The monoisotopic (exact) mass is 325 g/mol. The molecular formula is C13H21Cl2NOTi. The van der Waals surface area contributed by atoms with Gasteiger partial charge < -0.3 is 35.3 Å². The molecule has 102 valence electrons. The second-order valence-electron chi connectivity index (χ2n) is 3.97. The first-order valence-electron chi connectivity index (χ1n) is 5.42. The quantitative estimate of drug-likeness (QED) is 0.431. The second-order valence-corrected chi connectivity index (χ2v) is 3.97. The van der Waals surface area contributed by atoms with Gasteiger partial charge in [0, 0.05) is 5.91 Å². The van der Waals surface area contributed by atoms with Crippen LogP contribution >= 0.6 is 0 Å². The van der Waals surface area contributed by atoms with Crippen LogP contribution in [-0.4, -0.2) is 5.91 Å². The van der Waals surface area contributed by atoms with Gasteiger partial charge in [-0.05, 0) is 6.42 Å². The number of hydrogen-bond acceptors (Lipinski definition) is 1. The normalized spacial score (nSPS) is 16.3. The maximum absolute atomic E-state index is 9.71. The summed E-state index contributed by atoms with van der Waals surface area (Å²) >= 11 is 0. The van der Waals surface area contributed by atoms with Gasteiger partial charge >= 0.3 is 21.7 Å². The fourth-order valence-electron chi connectivity index (χ4n) is 1.39. The first-order chi connectivity index (χ1) is 6.90. The van der Waals surface area contributed by atoms with E-state index in [4.69, 9.17) is 5.73 Å². The van der Waals surface area contributed by atoms with Crippen molar-refractivity contribution in [2.45, 2.75) is 47.5 Å². The minimum absolute atomic E-state index is 0. The number of carbonyl (C=O) groups excluding carboxylic acids is 1. The second kappa shape index (κ2) is 13.7. The number of halogens is 2. The van der Waals surface area contributed by atoms with Gasteiger partial charge in [0.1, 0.15) is 0 Å². The van der Waals surface area contributed by atoms with Crippen molar-refractivity contribution in [2.24, 2.45) is 5.92 Å². The summed E-state index contributed by atoms with van der Waals surface area (Å²) in [5.41, 5.74) is 10.6. The molecule has 5 heteroatoms. The fourth-order valence-corrected chi connectivity index (χ4v) is 1.39. The van der Waals surface area contributed by atoms with Crippen molar-refractivity contribution in [2.75, 3.05) is 0 Å². The minimum Gasteiger partial charge on any atom is -1.00 e. The van der Waals surface area contributed by atoms with Crippen molar-refractivity contribution in [1.82, 2.24) is 0 Å². The zero-order valence-electron chi connectivity index (χ0n) is 11.7. The summed E-state index contributed by atoms with van der Waals surface area (Å²) in [4.78, 5) is 9.71. The van der Waals surface area contributed by atoms with Crippen LogP contribution in [0.3, 0.4) is 0 Å². The van der Waals surface area contributed by atoms with Crippen molar-refractivity contribution < 1.29 is 51.3 Å². The van der Waals surface area contributed by atoms with E-state index >= 15 is 0 Å². The van der Waals surface area contributed by atoms with E-state index in [2.05, 4.69) is 33.8 Å². The van der Waals surface area contributed by atoms with Crippen LogP contribution in [0.5, 0.6) is 0 Å². The summed E-state index contributed by atoms with van der Waals surface area (Å²) in [6, 6.07) is 0. The summed E-state index contributed by atoms with van der Waals surface area (Å²) in [5.74, 6) is 0.0995. The van der Waals surface area contributed by atoms with Crippen LogP contribution in [0, 0.1) is 12.0 Å². The van der Waals surface area contributed by atoms with Crippen LogP contribution in [0.1, 0.15) is 47.5 Å². The third-order valence-corrected chi connectivity index (χ3v) is 2.71. The standard InChI is InChI=1S/C9H13.C4H9NO.2ClH.Ti/c1-6-5-7(2)9(4)8(6)3;1-2-3-4(5)6;;;/h6H,1-4H3;2-3H2,1H3,(H2,5,6);2*1H;/q-1;;;;+4/p-3. The average molecular weight is 326 g/mol. The van der Waals surface area contributed by atoms with E-state index in [1.807, 2.05) is 6.92 Å². The predicted molar refractivity (Wildman–Crippen MR) is 64.2 cm³/mol. The first kappa shape index (κ1) is 26.7. The minimum atomic E-state index is -0.461. The van der Waals surface area contributed by atoms with Crippen LogP contribution in [-0.2, 0) is 26.5 Å². The van der Waals surface area contributed by atoms with E-state index in [9.17, 15) is 4.79 Å². The first-order valence-corrected chi connectivity index (χ1v) is 5.42. The summed E-state index contributed by atoms with van der Waals surface area (Å²) in [6.07, 6.45) is 4.56. The molecule has 18 heavy (non-hydrogen) atoms. The Kier molecular flexibility index (Phi) is 20.3. The maximum atomic E-state index is 9.71. The molecular weight excluding hydrogens is 305 g/mol. The van der Waals surface area contributed by atoms with Crippen molar-refractivity contribution in [3.05, 3.63) is 28.5 Å². The molecule has 1 rings (SSSR count). The van der Waals surface area contributed by atoms with E-state index in [1.165, 1.54) is 16.7 Å². The van der Waals surface area contributed by atoms with Crippen LogP contribution in [0.25, 0.3) is 5.73 Å². The van der Waals surface area contributed by atoms with Crippen molar-refractivity contribution in [1.29, 1.82) is 0 Å².